The first-order valence-corrected chi connectivity index (χ1v) is 13.3. The topological polar surface area (TPSA) is 140 Å². The number of carbonyl (C=O) groups excluding carboxylic acids is 2. The van der Waals surface area contributed by atoms with Gasteiger partial charge in [0.05, 0.1) is 27.2 Å². The molecule has 0 radical (unpaired) electrons. The minimum atomic E-state index is -0.996. The molecule has 0 bridgehead atoms. The molecule has 0 spiro atoms. The number of rotatable bonds is 6. The van der Waals surface area contributed by atoms with Gasteiger partial charge >= 0.3 is 0 Å². The molecule has 194 valence electrons. The second kappa shape index (κ2) is 11.5. The maximum atomic E-state index is 13.4. The summed E-state index contributed by atoms with van der Waals surface area (Å²) in [6.45, 7) is 1.72. The standard InChI is InChI=1S/C25H25Cl2N5O4S/c1-13-7-9-18(19(11-13)32(35)36)31-24(34)22-21(28)20(25(37-22)29-15-5-3-2-4-6-15)23(33)30-17-10-8-14(26)12-16(17)27/h7-12,15,22H,2-6,28H2,1H3,(H,30,33)(H,31,34)/t22-/m0/s1. The fraction of sp³-hybridized carbons (Fsp3) is 0.320. The number of amides is 2. The monoisotopic (exact) mass is 561 g/mol. The van der Waals surface area contributed by atoms with Crippen molar-refractivity contribution in [1.29, 1.82) is 0 Å². The average Bonchev–Trinajstić information content (AvgIpc) is 3.18. The summed E-state index contributed by atoms with van der Waals surface area (Å²) >= 11 is 13.3. The zero-order valence-electron chi connectivity index (χ0n) is 19.9. The van der Waals surface area contributed by atoms with Crippen LogP contribution in [0.4, 0.5) is 17.1 Å². The highest BCUT2D eigenvalue weighted by Crippen LogP contribution is 2.37. The predicted molar refractivity (Wildman–Crippen MR) is 148 cm³/mol. The van der Waals surface area contributed by atoms with Gasteiger partial charge in [0.15, 0.2) is 0 Å². The number of halogens is 2. The maximum absolute atomic E-state index is 13.4. The molecule has 12 heteroatoms. The summed E-state index contributed by atoms with van der Waals surface area (Å²) in [5.41, 5.74) is 7.33. The fourth-order valence-electron chi connectivity index (χ4n) is 4.25. The SMILES string of the molecule is Cc1ccc(NC(=O)[C@H]2SC(=NC3CCCCC3)C(C(=O)Nc3ccc(Cl)cc3Cl)=C2N)c([N+](=O)[O-])c1. The molecule has 2 aromatic rings. The molecule has 4 rings (SSSR count). The molecule has 1 atom stereocenters. The van der Waals surface area contributed by atoms with Crippen LogP contribution >= 0.6 is 35.0 Å². The Morgan fingerprint density at radius 3 is 2.46 bits per heavy atom. The fourth-order valence-corrected chi connectivity index (χ4v) is 5.88. The Labute approximate surface area is 228 Å². The number of benzene rings is 2. The van der Waals surface area contributed by atoms with Gasteiger partial charge in [0.1, 0.15) is 16.0 Å². The van der Waals surface area contributed by atoms with Crippen LogP contribution in [0.3, 0.4) is 0 Å². The molecule has 2 aromatic carbocycles. The highest BCUT2D eigenvalue weighted by Gasteiger charge is 2.39. The van der Waals surface area contributed by atoms with E-state index in [-0.39, 0.29) is 33.7 Å². The number of thioether (sulfide) groups is 1. The van der Waals surface area contributed by atoms with E-state index in [0.717, 1.165) is 43.9 Å². The lowest BCUT2D eigenvalue weighted by Gasteiger charge is -2.19. The number of nitrogens with one attached hydrogen (secondary N) is 2. The number of aliphatic imine (C=N–C) groups is 1. The summed E-state index contributed by atoms with van der Waals surface area (Å²) in [7, 11) is 0. The number of nitro benzene ring substituents is 1. The molecule has 4 N–H and O–H groups in total. The van der Waals surface area contributed by atoms with Crippen LogP contribution in [-0.2, 0) is 9.59 Å². The Hall–Kier alpha value is -3.08. The Morgan fingerprint density at radius 1 is 1.08 bits per heavy atom. The number of nitro groups is 1. The third-order valence-electron chi connectivity index (χ3n) is 6.14. The lowest BCUT2D eigenvalue weighted by Crippen LogP contribution is -2.29. The highest BCUT2D eigenvalue weighted by atomic mass is 35.5. The third-order valence-corrected chi connectivity index (χ3v) is 7.93. The van der Waals surface area contributed by atoms with E-state index in [1.807, 2.05) is 0 Å². The first-order chi connectivity index (χ1) is 17.6. The zero-order valence-corrected chi connectivity index (χ0v) is 22.3. The van der Waals surface area contributed by atoms with Gasteiger partial charge in [0.25, 0.3) is 11.6 Å². The normalized spacial score (nSPS) is 19.2. The van der Waals surface area contributed by atoms with Gasteiger partial charge in [-0.3, -0.25) is 24.7 Å². The lowest BCUT2D eigenvalue weighted by molar-refractivity contribution is -0.384. The van der Waals surface area contributed by atoms with Crippen molar-refractivity contribution in [3.8, 4) is 0 Å². The minimum absolute atomic E-state index is 0.0194. The molecule has 9 nitrogen and oxygen atoms in total. The molecule has 37 heavy (non-hydrogen) atoms. The van der Waals surface area contributed by atoms with Crippen molar-refractivity contribution in [2.75, 3.05) is 10.6 Å². The summed E-state index contributed by atoms with van der Waals surface area (Å²) in [5.74, 6) is -1.14. The van der Waals surface area contributed by atoms with Crippen molar-refractivity contribution in [3.05, 3.63) is 73.4 Å². The number of hydrogen-bond acceptors (Lipinski definition) is 7. The van der Waals surface area contributed by atoms with Crippen LogP contribution in [0.2, 0.25) is 10.0 Å². The number of aryl methyl sites for hydroxylation is 1. The Morgan fingerprint density at radius 2 is 1.78 bits per heavy atom. The van der Waals surface area contributed by atoms with Gasteiger partial charge in [-0.1, -0.05) is 60.3 Å². The summed E-state index contributed by atoms with van der Waals surface area (Å²) in [6, 6.07) is 9.19. The van der Waals surface area contributed by atoms with Gasteiger partial charge < -0.3 is 16.4 Å². The molecular formula is C25H25Cl2N5O4S. The van der Waals surface area contributed by atoms with Crippen LogP contribution in [-0.4, -0.2) is 33.1 Å². The Bertz CT molecular complexity index is 1320. The Kier molecular flexibility index (Phi) is 8.41. The summed E-state index contributed by atoms with van der Waals surface area (Å²) < 4.78 is 0. The van der Waals surface area contributed by atoms with Gasteiger partial charge in [0.2, 0.25) is 5.91 Å². The van der Waals surface area contributed by atoms with Gasteiger partial charge in [0, 0.05) is 16.8 Å². The van der Waals surface area contributed by atoms with E-state index in [1.165, 1.54) is 18.2 Å². The molecule has 1 aliphatic heterocycles. The summed E-state index contributed by atoms with van der Waals surface area (Å²) in [6.07, 6.45) is 4.97. The Balaban J connectivity index is 1.65. The molecule has 1 heterocycles. The smallest absolute Gasteiger partial charge is 0.293 e. The van der Waals surface area contributed by atoms with Gasteiger partial charge in [-0.05, 0) is 49.6 Å². The van der Waals surface area contributed by atoms with Crippen LogP contribution in [0.25, 0.3) is 0 Å². The van der Waals surface area contributed by atoms with Crippen molar-refractivity contribution >= 4 is 68.9 Å². The van der Waals surface area contributed by atoms with E-state index in [2.05, 4.69) is 10.6 Å². The van der Waals surface area contributed by atoms with Gasteiger partial charge in [-0.25, -0.2) is 0 Å². The van der Waals surface area contributed by atoms with E-state index in [4.69, 9.17) is 33.9 Å². The molecular weight excluding hydrogens is 537 g/mol. The molecule has 0 unspecified atom stereocenters. The van der Waals surface area contributed by atoms with Crippen LogP contribution < -0.4 is 16.4 Å². The molecule has 1 saturated carbocycles. The molecule has 2 amide bonds. The average molecular weight is 562 g/mol. The van der Waals surface area contributed by atoms with Crippen molar-refractivity contribution in [3.63, 3.8) is 0 Å². The number of nitrogens with two attached hydrogens (primary N) is 1. The van der Waals surface area contributed by atoms with Crippen molar-refractivity contribution in [1.82, 2.24) is 0 Å². The minimum Gasteiger partial charge on any atom is -0.400 e. The van der Waals surface area contributed by atoms with E-state index in [0.29, 0.717) is 21.3 Å². The molecule has 0 aromatic heterocycles. The molecule has 1 aliphatic carbocycles. The maximum Gasteiger partial charge on any atom is 0.293 e. The van der Waals surface area contributed by atoms with Crippen molar-refractivity contribution in [2.45, 2.75) is 50.3 Å². The highest BCUT2D eigenvalue weighted by molar-refractivity contribution is 8.16. The summed E-state index contributed by atoms with van der Waals surface area (Å²) in [5, 5.41) is 16.9. The number of carbonyl (C=O) groups is 2. The first kappa shape index (κ1) is 27.0. The zero-order chi connectivity index (χ0) is 26.7. The molecule has 1 fully saturated rings. The van der Waals surface area contributed by atoms with Crippen LogP contribution in [0, 0.1) is 17.0 Å². The number of anilines is 2. The number of hydrogen-bond donors (Lipinski definition) is 3. The first-order valence-electron chi connectivity index (χ1n) is 11.7. The van der Waals surface area contributed by atoms with Crippen LogP contribution in [0.5, 0.6) is 0 Å². The van der Waals surface area contributed by atoms with Crippen molar-refractivity contribution < 1.29 is 14.5 Å². The number of nitrogens with zero attached hydrogens (tertiary/aromatic N) is 2. The van der Waals surface area contributed by atoms with E-state index >= 15 is 0 Å². The predicted octanol–water partition coefficient (Wildman–Crippen LogP) is 5.85. The van der Waals surface area contributed by atoms with Crippen LogP contribution in [0.1, 0.15) is 37.7 Å². The van der Waals surface area contributed by atoms with Crippen molar-refractivity contribution in [2.24, 2.45) is 10.7 Å². The van der Waals surface area contributed by atoms with Gasteiger partial charge in [-0.2, -0.15) is 0 Å². The van der Waals surface area contributed by atoms with E-state index in [9.17, 15) is 19.7 Å². The van der Waals surface area contributed by atoms with Gasteiger partial charge in [-0.15, -0.1) is 0 Å². The molecule has 0 saturated heterocycles. The lowest BCUT2D eigenvalue weighted by atomic mass is 9.96. The largest absolute Gasteiger partial charge is 0.400 e. The summed E-state index contributed by atoms with van der Waals surface area (Å²) in [4.78, 5) is 42.4. The third kappa shape index (κ3) is 6.26. The second-order valence-corrected chi connectivity index (χ2v) is 10.8. The molecule has 2 aliphatic rings. The van der Waals surface area contributed by atoms with E-state index < -0.39 is 22.0 Å². The van der Waals surface area contributed by atoms with E-state index in [1.54, 1.807) is 25.1 Å². The second-order valence-electron chi connectivity index (χ2n) is 8.90. The van der Waals surface area contributed by atoms with Crippen LogP contribution in [0.15, 0.2) is 52.7 Å². The quantitative estimate of drug-likeness (QED) is 0.298.